The number of nitrogens with one attached hydrogen (secondary N) is 1. The van der Waals surface area contributed by atoms with Crippen LogP contribution in [0.1, 0.15) is 31.2 Å². The Bertz CT molecular complexity index is 957. The number of aromatic nitrogens is 2. The molecule has 1 aliphatic heterocycles. The number of hydrogen-bond acceptors (Lipinski definition) is 4. The molecule has 4 rings (SSSR count). The van der Waals surface area contributed by atoms with Crippen LogP contribution in [0.2, 0.25) is 10.0 Å². The number of para-hydroxylation sites is 1. The maximum absolute atomic E-state index is 12.9. The first-order valence-electron chi connectivity index (χ1n) is 9.04. The Labute approximate surface area is 172 Å². The second-order valence-corrected chi connectivity index (χ2v) is 7.37. The number of nitrogens with zero attached hydrogens (tertiary/aromatic N) is 3. The highest BCUT2D eigenvalue weighted by Crippen LogP contribution is 2.34. The summed E-state index contributed by atoms with van der Waals surface area (Å²) in [6.45, 7) is 0.585. The zero-order chi connectivity index (χ0) is 19.5. The van der Waals surface area contributed by atoms with Crippen LogP contribution in [0.5, 0.6) is 0 Å². The fourth-order valence-electron chi connectivity index (χ4n) is 3.30. The second kappa shape index (κ2) is 8.20. The minimum absolute atomic E-state index is 0.292. The number of rotatable bonds is 3. The molecule has 0 saturated carbocycles. The van der Waals surface area contributed by atoms with Crippen molar-refractivity contribution in [2.45, 2.75) is 25.3 Å². The van der Waals surface area contributed by atoms with Gasteiger partial charge in [0.15, 0.2) is 0 Å². The van der Waals surface area contributed by atoms with Gasteiger partial charge in [0.2, 0.25) is 11.7 Å². The lowest BCUT2D eigenvalue weighted by Gasteiger charge is -2.33. The Kier molecular flexibility index (Phi) is 5.50. The molecule has 28 heavy (non-hydrogen) atoms. The summed E-state index contributed by atoms with van der Waals surface area (Å²) in [6, 6.07) is 14.1. The minimum Gasteiger partial charge on any atom is -0.337 e. The van der Waals surface area contributed by atoms with Crippen LogP contribution in [-0.4, -0.2) is 27.6 Å². The summed E-state index contributed by atoms with van der Waals surface area (Å²) >= 11 is 12.4. The first kappa shape index (κ1) is 18.8. The number of benzene rings is 2. The van der Waals surface area contributed by atoms with E-state index in [1.165, 1.54) is 0 Å². The van der Waals surface area contributed by atoms with Crippen LogP contribution in [0.25, 0.3) is 11.4 Å². The molecule has 2 aromatic carbocycles. The van der Waals surface area contributed by atoms with E-state index in [0.29, 0.717) is 34.0 Å². The summed E-state index contributed by atoms with van der Waals surface area (Å²) in [6.07, 6.45) is 2.63. The van der Waals surface area contributed by atoms with E-state index < -0.39 is 0 Å². The number of likely N-dealkylation sites (tertiary alicyclic amines) is 1. The van der Waals surface area contributed by atoms with Crippen LogP contribution in [0.15, 0.2) is 53.1 Å². The van der Waals surface area contributed by atoms with Crippen LogP contribution in [0.3, 0.4) is 0 Å². The maximum atomic E-state index is 12.9. The van der Waals surface area contributed by atoms with E-state index in [1.807, 2.05) is 30.3 Å². The summed E-state index contributed by atoms with van der Waals surface area (Å²) in [4.78, 5) is 19.2. The van der Waals surface area contributed by atoms with Crippen molar-refractivity contribution >= 4 is 34.9 Å². The van der Waals surface area contributed by atoms with Gasteiger partial charge in [-0.3, -0.25) is 0 Å². The van der Waals surface area contributed by atoms with Crippen LogP contribution < -0.4 is 5.32 Å². The van der Waals surface area contributed by atoms with E-state index in [1.54, 1.807) is 23.1 Å². The number of anilines is 1. The van der Waals surface area contributed by atoms with E-state index >= 15 is 0 Å². The molecular weight excluding hydrogens is 399 g/mol. The van der Waals surface area contributed by atoms with Gasteiger partial charge in [-0.25, -0.2) is 4.79 Å². The van der Waals surface area contributed by atoms with E-state index in [4.69, 9.17) is 27.7 Å². The maximum Gasteiger partial charge on any atom is 0.322 e. The predicted molar refractivity (Wildman–Crippen MR) is 109 cm³/mol. The Morgan fingerprint density at radius 2 is 1.82 bits per heavy atom. The molecule has 0 bridgehead atoms. The molecule has 2 heterocycles. The monoisotopic (exact) mass is 416 g/mol. The Morgan fingerprint density at radius 1 is 1.07 bits per heavy atom. The standard InChI is InChI=1S/C20H18Cl2N4O2/c21-14-9-6-10-15(22)17(14)23-20(27)26-12-5-4-11-16(26)19-24-18(25-28-19)13-7-2-1-3-8-13/h1-3,6-10,16H,4-5,11-12H2,(H,23,27). The zero-order valence-electron chi connectivity index (χ0n) is 14.9. The Balaban J connectivity index is 1.57. The average molecular weight is 417 g/mol. The Hall–Kier alpha value is -2.57. The molecule has 2 amide bonds. The van der Waals surface area contributed by atoms with Crippen molar-refractivity contribution in [2.24, 2.45) is 0 Å². The van der Waals surface area contributed by atoms with E-state index in [9.17, 15) is 4.79 Å². The lowest BCUT2D eigenvalue weighted by molar-refractivity contribution is 0.142. The molecule has 1 aliphatic rings. The Morgan fingerprint density at radius 3 is 2.57 bits per heavy atom. The number of piperidine rings is 1. The molecule has 1 unspecified atom stereocenters. The normalized spacial score (nSPS) is 16.8. The molecule has 1 atom stereocenters. The number of amides is 2. The fraction of sp³-hybridized carbons (Fsp3) is 0.250. The van der Waals surface area contributed by atoms with Gasteiger partial charge in [-0.1, -0.05) is 64.8 Å². The van der Waals surface area contributed by atoms with Gasteiger partial charge in [-0.2, -0.15) is 4.98 Å². The molecule has 144 valence electrons. The largest absolute Gasteiger partial charge is 0.337 e. The van der Waals surface area contributed by atoms with Crippen LogP contribution >= 0.6 is 23.2 Å². The number of urea groups is 1. The van der Waals surface area contributed by atoms with Crippen molar-refractivity contribution in [2.75, 3.05) is 11.9 Å². The summed E-state index contributed by atoms with van der Waals surface area (Å²) in [5.41, 5.74) is 1.27. The molecular formula is C20H18Cl2N4O2. The highest BCUT2D eigenvalue weighted by Gasteiger charge is 2.32. The average Bonchev–Trinajstić information content (AvgIpc) is 3.21. The van der Waals surface area contributed by atoms with Crippen LogP contribution in [0.4, 0.5) is 10.5 Å². The zero-order valence-corrected chi connectivity index (χ0v) is 16.5. The minimum atomic E-state index is -0.292. The molecule has 6 nitrogen and oxygen atoms in total. The molecule has 1 aromatic heterocycles. The van der Waals surface area contributed by atoms with Gasteiger partial charge < -0.3 is 14.7 Å². The van der Waals surface area contributed by atoms with Gasteiger partial charge in [0.1, 0.15) is 6.04 Å². The van der Waals surface area contributed by atoms with Crippen molar-refractivity contribution < 1.29 is 9.32 Å². The number of hydrogen-bond donors (Lipinski definition) is 1. The molecule has 0 aliphatic carbocycles. The number of carbonyl (C=O) groups is 1. The van der Waals surface area contributed by atoms with Gasteiger partial charge in [0, 0.05) is 12.1 Å². The summed E-state index contributed by atoms with van der Waals surface area (Å²) in [7, 11) is 0. The lowest BCUT2D eigenvalue weighted by atomic mass is 10.0. The first-order chi connectivity index (χ1) is 13.6. The van der Waals surface area contributed by atoms with Gasteiger partial charge in [-0.05, 0) is 31.4 Å². The molecule has 1 N–H and O–H groups in total. The van der Waals surface area contributed by atoms with Gasteiger partial charge >= 0.3 is 6.03 Å². The summed E-state index contributed by atoms with van der Waals surface area (Å²) < 4.78 is 5.50. The van der Waals surface area contributed by atoms with Crippen molar-refractivity contribution in [1.82, 2.24) is 15.0 Å². The van der Waals surface area contributed by atoms with Gasteiger partial charge in [-0.15, -0.1) is 0 Å². The highest BCUT2D eigenvalue weighted by molar-refractivity contribution is 6.39. The third-order valence-electron chi connectivity index (χ3n) is 4.72. The summed E-state index contributed by atoms with van der Waals surface area (Å²) in [5, 5.41) is 7.68. The van der Waals surface area contributed by atoms with E-state index in [-0.39, 0.29) is 12.1 Å². The van der Waals surface area contributed by atoms with Crippen molar-refractivity contribution in [3.8, 4) is 11.4 Å². The quantitative estimate of drug-likeness (QED) is 0.585. The topological polar surface area (TPSA) is 71.3 Å². The highest BCUT2D eigenvalue weighted by atomic mass is 35.5. The lowest BCUT2D eigenvalue weighted by Crippen LogP contribution is -2.41. The third-order valence-corrected chi connectivity index (χ3v) is 5.35. The van der Waals surface area contributed by atoms with E-state index in [0.717, 1.165) is 24.8 Å². The van der Waals surface area contributed by atoms with Crippen molar-refractivity contribution in [3.63, 3.8) is 0 Å². The van der Waals surface area contributed by atoms with Crippen molar-refractivity contribution in [1.29, 1.82) is 0 Å². The molecule has 8 heteroatoms. The molecule has 1 saturated heterocycles. The van der Waals surface area contributed by atoms with E-state index in [2.05, 4.69) is 15.5 Å². The first-order valence-corrected chi connectivity index (χ1v) is 9.80. The van der Waals surface area contributed by atoms with Crippen molar-refractivity contribution in [3.05, 3.63) is 64.5 Å². The van der Waals surface area contributed by atoms with Crippen LogP contribution in [0, 0.1) is 0 Å². The second-order valence-electron chi connectivity index (χ2n) is 6.55. The number of carbonyl (C=O) groups excluding carboxylic acids is 1. The predicted octanol–water partition coefficient (Wildman–Crippen LogP) is 5.80. The SMILES string of the molecule is O=C(Nc1c(Cl)cccc1Cl)N1CCCCC1c1nc(-c2ccccc2)no1. The molecule has 3 aromatic rings. The molecule has 0 radical (unpaired) electrons. The van der Waals surface area contributed by atoms with Gasteiger partial charge in [0.25, 0.3) is 0 Å². The third kappa shape index (κ3) is 3.84. The summed E-state index contributed by atoms with van der Waals surface area (Å²) in [5.74, 6) is 0.939. The smallest absolute Gasteiger partial charge is 0.322 e. The molecule has 1 fully saturated rings. The fourth-order valence-corrected chi connectivity index (χ4v) is 3.79. The molecule has 0 spiro atoms. The van der Waals surface area contributed by atoms with Gasteiger partial charge in [0.05, 0.1) is 15.7 Å². The van der Waals surface area contributed by atoms with Crippen LogP contribution in [-0.2, 0) is 0 Å². The number of halogens is 2.